The normalized spacial score (nSPS) is 35.6. The van der Waals surface area contributed by atoms with Gasteiger partial charge in [0.15, 0.2) is 0 Å². The molecule has 6 fully saturated rings. The van der Waals surface area contributed by atoms with Gasteiger partial charge in [-0.1, -0.05) is 78.9 Å². The van der Waals surface area contributed by atoms with Crippen molar-refractivity contribution in [1.82, 2.24) is 0 Å². The average Bonchev–Trinajstić information content (AvgIpc) is 3.82. The fourth-order valence-electron chi connectivity index (χ4n) is 7.86. The van der Waals surface area contributed by atoms with E-state index in [2.05, 4.69) is 42.4 Å². The quantitative estimate of drug-likeness (QED) is 0.212. The Labute approximate surface area is 250 Å². The Hall–Kier alpha value is -2.64. The van der Waals surface area contributed by atoms with Gasteiger partial charge in [-0.3, -0.25) is 28.8 Å². The molecule has 8 heteroatoms. The van der Waals surface area contributed by atoms with E-state index >= 15 is 0 Å². The molecule has 9 unspecified atom stereocenters. The first-order chi connectivity index (χ1) is 20.2. The maximum absolute atomic E-state index is 11.4. The monoisotopic (exact) mass is 586 g/mol. The Morgan fingerprint density at radius 3 is 1.55 bits per heavy atom. The van der Waals surface area contributed by atoms with Gasteiger partial charge in [0.05, 0.1) is 30.6 Å². The molecule has 2 aliphatic heterocycles. The Morgan fingerprint density at radius 1 is 0.643 bits per heavy atom. The Balaban J connectivity index is 0.000000156. The summed E-state index contributed by atoms with van der Waals surface area (Å²) in [5.74, 6) is 0.795. The number of cyclic esters (lactones) is 4. The van der Waals surface area contributed by atoms with Gasteiger partial charge in [0.25, 0.3) is 0 Å². The van der Waals surface area contributed by atoms with Gasteiger partial charge in [0.2, 0.25) is 0 Å². The van der Waals surface area contributed by atoms with E-state index in [1.807, 2.05) is 13.8 Å². The second-order valence-corrected chi connectivity index (χ2v) is 12.4. The summed E-state index contributed by atoms with van der Waals surface area (Å²) in [6, 6.07) is 0. The number of ketones is 2. The van der Waals surface area contributed by atoms with Crippen LogP contribution in [0.2, 0.25) is 0 Å². The first-order valence-electron chi connectivity index (χ1n) is 16.4. The van der Waals surface area contributed by atoms with Crippen molar-refractivity contribution in [1.29, 1.82) is 0 Å². The molecule has 4 bridgehead atoms. The highest BCUT2D eigenvalue weighted by Crippen LogP contribution is 2.55. The number of allylic oxidation sites excluding steroid dienone is 2. The molecular weight excluding hydrogens is 536 g/mol. The second kappa shape index (κ2) is 15.7. The van der Waals surface area contributed by atoms with Crippen molar-refractivity contribution < 1.29 is 38.2 Å². The lowest BCUT2D eigenvalue weighted by atomic mass is 9.81. The van der Waals surface area contributed by atoms with Crippen LogP contribution in [-0.4, -0.2) is 35.4 Å². The van der Waals surface area contributed by atoms with Crippen molar-refractivity contribution in [3.05, 3.63) is 12.2 Å². The zero-order valence-corrected chi connectivity index (χ0v) is 26.1. The van der Waals surface area contributed by atoms with Gasteiger partial charge in [-0.15, -0.1) is 0 Å². The highest BCUT2D eigenvalue weighted by molar-refractivity contribution is 6.09. The van der Waals surface area contributed by atoms with Crippen LogP contribution in [0.25, 0.3) is 0 Å². The van der Waals surface area contributed by atoms with Gasteiger partial charge < -0.3 is 9.47 Å². The minimum absolute atomic E-state index is 0.0590. The van der Waals surface area contributed by atoms with Gasteiger partial charge >= 0.3 is 23.9 Å². The molecule has 0 amide bonds. The second-order valence-electron chi connectivity index (χ2n) is 12.4. The lowest BCUT2D eigenvalue weighted by Crippen LogP contribution is -2.24. The number of Topliss-reactive ketones (excluding diaryl/α,β-unsaturated/α-hetero) is 2. The van der Waals surface area contributed by atoms with Gasteiger partial charge in [0.1, 0.15) is 11.6 Å². The van der Waals surface area contributed by atoms with E-state index in [0.29, 0.717) is 30.1 Å². The SMILES string of the molecule is CC.CCCCC.CCCCC1CC(=O)OC1=O.O=C1CC(=O)C2C3C=CC(C3)C12.O=C1OC(=O)C2C3CCC(C3)C12. The molecule has 0 aromatic carbocycles. The number of carbonyl (C=O) groups excluding carboxylic acids is 6. The molecule has 0 N–H and O–H groups in total. The van der Waals surface area contributed by atoms with Crippen LogP contribution >= 0.6 is 0 Å². The number of fused-ring (bicyclic) bond motifs is 10. The molecule has 2 heterocycles. The lowest BCUT2D eigenvalue weighted by molar-refractivity contribution is -0.155. The average molecular weight is 587 g/mol. The van der Waals surface area contributed by atoms with E-state index < -0.39 is 0 Å². The minimum atomic E-state index is -0.365. The topological polar surface area (TPSA) is 121 Å². The van der Waals surface area contributed by atoms with Gasteiger partial charge in [-0.25, -0.2) is 0 Å². The molecule has 234 valence electrons. The predicted molar refractivity (Wildman–Crippen MR) is 157 cm³/mol. The van der Waals surface area contributed by atoms with Crippen LogP contribution in [0.15, 0.2) is 12.2 Å². The third-order valence-electron chi connectivity index (χ3n) is 9.79. The summed E-state index contributed by atoms with van der Waals surface area (Å²) in [5, 5.41) is 0. The largest absolute Gasteiger partial charge is 0.393 e. The van der Waals surface area contributed by atoms with Crippen molar-refractivity contribution in [3.63, 3.8) is 0 Å². The third-order valence-corrected chi connectivity index (χ3v) is 9.79. The predicted octanol–water partition coefficient (Wildman–Crippen LogP) is 6.19. The first-order valence-corrected chi connectivity index (χ1v) is 16.4. The summed E-state index contributed by atoms with van der Waals surface area (Å²) in [5.41, 5.74) is 0. The molecule has 0 aromatic heterocycles. The Kier molecular flexibility index (Phi) is 12.7. The minimum Gasteiger partial charge on any atom is -0.393 e. The standard InChI is InChI=1S/C10H10O2.C9H10O3.C8H12O3.C5H12.C2H6/c11-7-4-8(12)10-6-2-1-5(3-6)9(7)10;10-8-6-4-1-2-5(3-4)7(6)9(11)12-8;1-2-3-4-6-5-7(9)11-8(6)10;1-3-5-4-2;1-2/h1-2,5-6,9-10H,3-4H2;4-7H,1-3H2;6H,2-5H2,1H3;3-5H2,1-2H3;1-2H3. The van der Waals surface area contributed by atoms with Crippen LogP contribution < -0.4 is 0 Å². The number of unbranched alkanes of at least 4 members (excludes halogenated alkanes) is 3. The number of ether oxygens (including phenoxy) is 2. The number of carbonyl (C=O) groups is 6. The molecule has 8 nitrogen and oxygen atoms in total. The molecule has 0 aromatic rings. The summed E-state index contributed by atoms with van der Waals surface area (Å²) in [6.45, 7) is 10.5. The molecule has 42 heavy (non-hydrogen) atoms. The Bertz CT molecular complexity index is 988. The zero-order chi connectivity index (χ0) is 31.0. The van der Waals surface area contributed by atoms with Crippen molar-refractivity contribution >= 4 is 35.4 Å². The van der Waals surface area contributed by atoms with E-state index in [4.69, 9.17) is 0 Å². The van der Waals surface area contributed by atoms with Crippen molar-refractivity contribution in [3.8, 4) is 0 Å². The highest BCUT2D eigenvalue weighted by atomic mass is 16.6. The van der Waals surface area contributed by atoms with Crippen molar-refractivity contribution in [2.45, 2.75) is 112 Å². The number of hydrogen-bond donors (Lipinski definition) is 0. The fraction of sp³-hybridized carbons (Fsp3) is 0.765. The van der Waals surface area contributed by atoms with Gasteiger partial charge in [-0.2, -0.15) is 0 Å². The zero-order valence-electron chi connectivity index (χ0n) is 26.1. The van der Waals surface area contributed by atoms with Crippen LogP contribution in [0.1, 0.15) is 112 Å². The molecule has 2 saturated heterocycles. The summed E-state index contributed by atoms with van der Waals surface area (Å²) in [6.07, 6.45) is 16.0. The highest BCUT2D eigenvalue weighted by Gasteiger charge is 2.59. The number of rotatable bonds is 5. The molecule has 5 aliphatic carbocycles. The fourth-order valence-corrected chi connectivity index (χ4v) is 7.86. The van der Waals surface area contributed by atoms with Gasteiger partial charge in [-0.05, 0) is 55.8 Å². The number of esters is 4. The first kappa shape index (κ1) is 33.9. The van der Waals surface area contributed by atoms with E-state index in [-0.39, 0.29) is 71.5 Å². The van der Waals surface area contributed by atoms with E-state index in [9.17, 15) is 28.8 Å². The summed E-state index contributed by atoms with van der Waals surface area (Å²) >= 11 is 0. The molecule has 7 aliphatic rings. The Morgan fingerprint density at radius 2 is 1.14 bits per heavy atom. The van der Waals surface area contributed by atoms with Crippen molar-refractivity contribution in [2.24, 2.45) is 53.3 Å². The molecule has 7 rings (SSSR count). The summed E-state index contributed by atoms with van der Waals surface area (Å²) < 4.78 is 9.02. The maximum atomic E-state index is 11.4. The van der Waals surface area contributed by atoms with Gasteiger partial charge in [0, 0.05) is 11.8 Å². The molecular formula is C34H50O8. The van der Waals surface area contributed by atoms with E-state index in [0.717, 1.165) is 44.9 Å². The van der Waals surface area contributed by atoms with E-state index in [1.54, 1.807) is 0 Å². The molecule has 0 radical (unpaired) electrons. The van der Waals surface area contributed by atoms with Crippen LogP contribution in [0.3, 0.4) is 0 Å². The van der Waals surface area contributed by atoms with Crippen LogP contribution in [-0.2, 0) is 38.2 Å². The molecule has 9 atom stereocenters. The van der Waals surface area contributed by atoms with Crippen LogP contribution in [0.4, 0.5) is 0 Å². The van der Waals surface area contributed by atoms with E-state index in [1.165, 1.54) is 19.3 Å². The lowest BCUT2D eigenvalue weighted by Gasteiger charge is -2.17. The molecule has 4 saturated carbocycles. The molecule has 0 spiro atoms. The van der Waals surface area contributed by atoms with Crippen LogP contribution in [0, 0.1) is 53.3 Å². The smallest absolute Gasteiger partial charge is 0.317 e. The maximum Gasteiger partial charge on any atom is 0.317 e. The number of hydrogen-bond acceptors (Lipinski definition) is 8. The van der Waals surface area contributed by atoms with Crippen molar-refractivity contribution in [2.75, 3.05) is 0 Å². The van der Waals surface area contributed by atoms with Crippen LogP contribution in [0.5, 0.6) is 0 Å². The summed E-state index contributed by atoms with van der Waals surface area (Å²) in [7, 11) is 0. The third kappa shape index (κ3) is 7.46. The summed E-state index contributed by atoms with van der Waals surface area (Å²) in [4.78, 5) is 66.7.